The van der Waals surface area contributed by atoms with Gasteiger partial charge in [-0.3, -0.25) is 4.90 Å². The van der Waals surface area contributed by atoms with Crippen molar-refractivity contribution in [3.63, 3.8) is 0 Å². The van der Waals surface area contributed by atoms with E-state index in [2.05, 4.69) is 22.9 Å². The summed E-state index contributed by atoms with van der Waals surface area (Å²) in [4.78, 5) is 4.81. The van der Waals surface area contributed by atoms with E-state index in [0.717, 1.165) is 6.54 Å². The number of alkyl halides is 1. The molecule has 12 heavy (non-hydrogen) atoms. The molecule has 0 radical (unpaired) electrons. The van der Waals surface area contributed by atoms with Crippen LogP contribution in [0.3, 0.4) is 0 Å². The molecule has 0 spiro atoms. The van der Waals surface area contributed by atoms with Crippen LogP contribution in [0.4, 0.5) is 0 Å². The number of rotatable bonds is 3. The highest BCUT2D eigenvalue weighted by Crippen LogP contribution is 1.98. The van der Waals surface area contributed by atoms with Gasteiger partial charge in [0.25, 0.3) is 0 Å². The monoisotopic (exact) mass is 188 g/mol. The highest BCUT2D eigenvalue weighted by atomic mass is 35.5. The van der Waals surface area contributed by atoms with Crippen LogP contribution >= 0.6 is 11.6 Å². The molecule has 1 rings (SSSR count). The second-order valence-corrected chi connectivity index (χ2v) is 3.54. The summed E-state index contributed by atoms with van der Waals surface area (Å²) < 4.78 is 0. The van der Waals surface area contributed by atoms with E-state index in [9.17, 15) is 0 Å². The van der Waals surface area contributed by atoms with Crippen LogP contribution in [0.25, 0.3) is 0 Å². The minimum Gasteiger partial charge on any atom is -0.304 e. The maximum atomic E-state index is 5.53. The summed E-state index contributed by atoms with van der Waals surface area (Å²) in [5.74, 6) is 0.633. The molecule has 0 aromatic heterocycles. The summed E-state index contributed by atoms with van der Waals surface area (Å²) in [7, 11) is 2.17. The van der Waals surface area contributed by atoms with Crippen molar-refractivity contribution in [3.8, 4) is 0 Å². The first-order valence-electron chi connectivity index (χ1n) is 4.45. The Morgan fingerprint density at radius 3 is 2.42 bits per heavy atom. The summed E-state index contributed by atoms with van der Waals surface area (Å²) in [5, 5.41) is 0. The van der Waals surface area contributed by atoms with E-state index in [1.807, 2.05) is 6.08 Å². The van der Waals surface area contributed by atoms with Crippen LogP contribution in [0, 0.1) is 0 Å². The molecule has 0 atom stereocenters. The molecule has 0 N–H and O–H groups in total. The average molecular weight is 189 g/mol. The predicted octanol–water partition coefficient (Wildman–Crippen LogP) is 1.03. The Morgan fingerprint density at radius 2 is 1.83 bits per heavy atom. The molecule has 0 saturated carbocycles. The smallest absolute Gasteiger partial charge is 0.0404 e. The first-order chi connectivity index (χ1) is 5.83. The predicted molar refractivity (Wildman–Crippen MR) is 53.8 cm³/mol. The van der Waals surface area contributed by atoms with Crippen molar-refractivity contribution in [3.05, 3.63) is 12.2 Å². The summed E-state index contributed by atoms with van der Waals surface area (Å²) in [5.41, 5.74) is 0. The molecular weight excluding hydrogens is 172 g/mol. The molecule has 0 aliphatic carbocycles. The fourth-order valence-corrected chi connectivity index (χ4v) is 1.44. The number of allylic oxidation sites excluding steroid dienone is 1. The second kappa shape index (κ2) is 5.57. The number of likely N-dealkylation sites (N-methyl/N-ethyl adjacent to an activating group) is 1. The largest absolute Gasteiger partial charge is 0.304 e. The molecule has 0 aromatic rings. The van der Waals surface area contributed by atoms with Gasteiger partial charge in [-0.2, -0.15) is 0 Å². The van der Waals surface area contributed by atoms with Crippen LogP contribution in [-0.4, -0.2) is 55.5 Å². The van der Waals surface area contributed by atoms with Gasteiger partial charge in [-0.1, -0.05) is 12.2 Å². The fourth-order valence-electron chi connectivity index (χ4n) is 1.32. The third-order valence-electron chi connectivity index (χ3n) is 2.22. The first kappa shape index (κ1) is 10.0. The number of piperazine rings is 1. The van der Waals surface area contributed by atoms with Crippen LogP contribution in [-0.2, 0) is 0 Å². The van der Waals surface area contributed by atoms with Crippen LogP contribution in [0.1, 0.15) is 0 Å². The zero-order valence-corrected chi connectivity index (χ0v) is 8.43. The first-order valence-corrected chi connectivity index (χ1v) is 4.98. The van der Waals surface area contributed by atoms with Gasteiger partial charge in [-0.25, -0.2) is 0 Å². The van der Waals surface area contributed by atoms with Crippen LogP contribution in [0.5, 0.6) is 0 Å². The highest BCUT2D eigenvalue weighted by Gasteiger charge is 2.11. The minimum atomic E-state index is 0.633. The average Bonchev–Trinajstić information content (AvgIpc) is 2.09. The van der Waals surface area contributed by atoms with Gasteiger partial charge in [-0.05, 0) is 7.05 Å². The van der Waals surface area contributed by atoms with Gasteiger partial charge in [0.1, 0.15) is 0 Å². The Labute approximate surface area is 79.8 Å². The molecule has 0 bridgehead atoms. The zero-order chi connectivity index (χ0) is 8.81. The molecule has 3 heteroatoms. The van der Waals surface area contributed by atoms with Gasteiger partial charge < -0.3 is 4.90 Å². The number of hydrogen-bond acceptors (Lipinski definition) is 2. The SMILES string of the molecule is CN1CCN(CC=CCCl)CC1. The number of halogens is 1. The van der Waals surface area contributed by atoms with Crippen LogP contribution < -0.4 is 0 Å². The van der Waals surface area contributed by atoms with E-state index in [-0.39, 0.29) is 0 Å². The standard InChI is InChI=1S/C9H17ClN2/c1-11-6-8-12(9-7-11)5-3-2-4-10/h2-3H,4-9H2,1H3. The molecule has 0 aromatic carbocycles. The third kappa shape index (κ3) is 3.57. The number of hydrogen-bond donors (Lipinski definition) is 0. The molecule has 1 saturated heterocycles. The van der Waals surface area contributed by atoms with Crippen molar-refractivity contribution in [2.45, 2.75) is 0 Å². The topological polar surface area (TPSA) is 6.48 Å². The van der Waals surface area contributed by atoms with Gasteiger partial charge in [0.05, 0.1) is 0 Å². The van der Waals surface area contributed by atoms with Gasteiger partial charge >= 0.3 is 0 Å². The van der Waals surface area contributed by atoms with Gasteiger partial charge in [0.2, 0.25) is 0 Å². The molecule has 2 nitrogen and oxygen atoms in total. The molecule has 0 amide bonds. The van der Waals surface area contributed by atoms with Crippen molar-refractivity contribution in [2.75, 3.05) is 45.7 Å². The molecular formula is C9H17ClN2. The Balaban J connectivity index is 2.13. The van der Waals surface area contributed by atoms with Crippen LogP contribution in [0.2, 0.25) is 0 Å². The maximum absolute atomic E-state index is 5.53. The molecule has 0 unspecified atom stereocenters. The lowest BCUT2D eigenvalue weighted by molar-refractivity contribution is 0.166. The molecule has 1 aliphatic heterocycles. The van der Waals surface area contributed by atoms with Gasteiger partial charge in [0.15, 0.2) is 0 Å². The molecule has 1 aliphatic rings. The molecule has 70 valence electrons. The van der Waals surface area contributed by atoms with E-state index in [1.165, 1.54) is 26.2 Å². The van der Waals surface area contributed by atoms with E-state index in [0.29, 0.717) is 5.88 Å². The normalized spacial score (nSPS) is 22.2. The summed E-state index contributed by atoms with van der Waals surface area (Å²) >= 11 is 5.53. The Morgan fingerprint density at radius 1 is 1.17 bits per heavy atom. The van der Waals surface area contributed by atoms with Gasteiger partial charge in [0, 0.05) is 38.6 Å². The van der Waals surface area contributed by atoms with Gasteiger partial charge in [-0.15, -0.1) is 11.6 Å². The lowest BCUT2D eigenvalue weighted by Crippen LogP contribution is -2.44. The Kier molecular flexibility index (Phi) is 4.66. The second-order valence-electron chi connectivity index (χ2n) is 3.23. The lowest BCUT2D eigenvalue weighted by Gasteiger charge is -2.31. The Bertz CT molecular complexity index is 139. The zero-order valence-electron chi connectivity index (χ0n) is 7.67. The van der Waals surface area contributed by atoms with Crippen molar-refractivity contribution >= 4 is 11.6 Å². The van der Waals surface area contributed by atoms with E-state index in [4.69, 9.17) is 11.6 Å². The van der Waals surface area contributed by atoms with Crippen molar-refractivity contribution < 1.29 is 0 Å². The maximum Gasteiger partial charge on any atom is 0.0404 e. The highest BCUT2D eigenvalue weighted by molar-refractivity contribution is 6.18. The van der Waals surface area contributed by atoms with Crippen molar-refractivity contribution in [1.82, 2.24) is 9.80 Å². The fraction of sp³-hybridized carbons (Fsp3) is 0.778. The third-order valence-corrected chi connectivity index (χ3v) is 2.39. The van der Waals surface area contributed by atoms with E-state index >= 15 is 0 Å². The lowest BCUT2D eigenvalue weighted by atomic mass is 10.3. The van der Waals surface area contributed by atoms with Crippen molar-refractivity contribution in [1.29, 1.82) is 0 Å². The van der Waals surface area contributed by atoms with E-state index < -0.39 is 0 Å². The molecule has 1 fully saturated rings. The molecule has 1 heterocycles. The van der Waals surface area contributed by atoms with Crippen LogP contribution in [0.15, 0.2) is 12.2 Å². The quantitative estimate of drug-likeness (QED) is 0.482. The van der Waals surface area contributed by atoms with E-state index in [1.54, 1.807) is 0 Å². The summed E-state index contributed by atoms with van der Waals surface area (Å²) in [6.07, 6.45) is 4.16. The summed E-state index contributed by atoms with van der Waals surface area (Å²) in [6, 6.07) is 0. The number of nitrogens with zero attached hydrogens (tertiary/aromatic N) is 2. The summed E-state index contributed by atoms with van der Waals surface area (Å²) in [6.45, 7) is 5.80. The van der Waals surface area contributed by atoms with Crippen molar-refractivity contribution in [2.24, 2.45) is 0 Å². The Hall–Kier alpha value is -0.0500. The minimum absolute atomic E-state index is 0.633.